The Bertz CT molecular complexity index is 657. The zero-order valence-corrected chi connectivity index (χ0v) is 11.2. The van der Waals surface area contributed by atoms with Gasteiger partial charge in [0.2, 0.25) is 0 Å². The second-order valence-corrected chi connectivity index (χ2v) is 5.22. The smallest absolute Gasteiger partial charge is 0.0991 e. The van der Waals surface area contributed by atoms with Crippen molar-refractivity contribution in [2.45, 2.75) is 25.0 Å². The molecule has 3 N–H and O–H groups in total. The fourth-order valence-electron chi connectivity index (χ4n) is 2.86. The van der Waals surface area contributed by atoms with Crippen LogP contribution in [0, 0.1) is 11.3 Å². The van der Waals surface area contributed by atoms with Crippen molar-refractivity contribution in [3.63, 3.8) is 0 Å². The molecule has 2 unspecified atom stereocenters. The van der Waals surface area contributed by atoms with Gasteiger partial charge < -0.3 is 11.1 Å². The van der Waals surface area contributed by atoms with Crippen molar-refractivity contribution >= 4 is 0 Å². The van der Waals surface area contributed by atoms with E-state index in [1.54, 1.807) is 0 Å². The van der Waals surface area contributed by atoms with Crippen LogP contribution in [0.2, 0.25) is 0 Å². The number of nitrogens with one attached hydrogen (secondary N) is 1. The molecule has 0 radical (unpaired) electrons. The molecule has 0 amide bonds. The molecule has 1 aliphatic carbocycles. The van der Waals surface area contributed by atoms with Crippen molar-refractivity contribution in [2.24, 2.45) is 5.73 Å². The highest BCUT2D eigenvalue weighted by Gasteiger charge is 2.27. The lowest BCUT2D eigenvalue weighted by Gasteiger charge is -2.14. The number of hydrogen-bond acceptors (Lipinski definition) is 3. The van der Waals surface area contributed by atoms with Crippen LogP contribution in [0.15, 0.2) is 48.5 Å². The minimum absolute atomic E-state index is 0.120. The summed E-state index contributed by atoms with van der Waals surface area (Å²) < 4.78 is 0. The Balaban J connectivity index is 1.72. The van der Waals surface area contributed by atoms with Gasteiger partial charge in [-0.2, -0.15) is 5.26 Å². The van der Waals surface area contributed by atoms with E-state index >= 15 is 0 Å². The van der Waals surface area contributed by atoms with E-state index in [4.69, 9.17) is 11.0 Å². The van der Waals surface area contributed by atoms with E-state index in [1.165, 1.54) is 11.1 Å². The zero-order chi connectivity index (χ0) is 13.9. The van der Waals surface area contributed by atoms with Crippen molar-refractivity contribution in [1.82, 2.24) is 5.32 Å². The molecule has 100 valence electrons. The summed E-state index contributed by atoms with van der Waals surface area (Å²) in [6.07, 6.45) is 0.928. The molecule has 3 rings (SSSR count). The monoisotopic (exact) mass is 263 g/mol. The number of benzene rings is 2. The number of rotatable bonds is 3. The largest absolute Gasteiger partial charge is 0.324 e. The number of nitrogens with zero attached hydrogens (tertiary/aromatic N) is 1. The lowest BCUT2D eigenvalue weighted by molar-refractivity contribution is 0.498. The number of nitriles is 1. The summed E-state index contributed by atoms with van der Waals surface area (Å²) in [6.45, 7) is 0.751. The molecule has 3 nitrogen and oxygen atoms in total. The fraction of sp³-hybridized carbons (Fsp3) is 0.235. The Labute approximate surface area is 119 Å². The van der Waals surface area contributed by atoms with Gasteiger partial charge in [-0.3, -0.25) is 0 Å². The van der Waals surface area contributed by atoms with Crippen LogP contribution in [0.4, 0.5) is 0 Å². The lowest BCUT2D eigenvalue weighted by Crippen LogP contribution is -2.19. The van der Waals surface area contributed by atoms with Gasteiger partial charge in [0.1, 0.15) is 0 Å². The van der Waals surface area contributed by atoms with Crippen LogP contribution in [0.3, 0.4) is 0 Å². The van der Waals surface area contributed by atoms with E-state index in [0.717, 1.165) is 18.5 Å². The van der Waals surface area contributed by atoms with E-state index in [1.807, 2.05) is 30.3 Å². The maximum Gasteiger partial charge on any atom is 0.0991 e. The average molecular weight is 263 g/mol. The molecule has 0 heterocycles. The van der Waals surface area contributed by atoms with Crippen LogP contribution in [0.5, 0.6) is 0 Å². The highest BCUT2D eigenvalue weighted by molar-refractivity contribution is 5.38. The molecule has 0 saturated carbocycles. The molecule has 20 heavy (non-hydrogen) atoms. The van der Waals surface area contributed by atoms with Crippen molar-refractivity contribution in [3.8, 4) is 6.07 Å². The Morgan fingerprint density at radius 2 is 1.95 bits per heavy atom. The molecule has 2 atom stereocenters. The Morgan fingerprint density at radius 1 is 1.15 bits per heavy atom. The normalized spacial score (nSPS) is 20.4. The second-order valence-electron chi connectivity index (χ2n) is 5.22. The average Bonchev–Trinajstić information content (AvgIpc) is 2.82. The summed E-state index contributed by atoms with van der Waals surface area (Å²) >= 11 is 0. The maximum absolute atomic E-state index is 8.92. The third-order valence-corrected chi connectivity index (χ3v) is 3.87. The van der Waals surface area contributed by atoms with Gasteiger partial charge in [-0.1, -0.05) is 36.4 Å². The molecule has 0 aliphatic heterocycles. The van der Waals surface area contributed by atoms with Gasteiger partial charge >= 0.3 is 0 Å². The van der Waals surface area contributed by atoms with E-state index in [-0.39, 0.29) is 6.04 Å². The third kappa shape index (κ3) is 2.44. The molecule has 0 fully saturated rings. The topological polar surface area (TPSA) is 61.8 Å². The van der Waals surface area contributed by atoms with Gasteiger partial charge in [-0.05, 0) is 35.2 Å². The summed E-state index contributed by atoms with van der Waals surface area (Å²) in [5.74, 6) is 0. The molecule has 3 heteroatoms. The van der Waals surface area contributed by atoms with Crippen LogP contribution in [0.25, 0.3) is 0 Å². The molecule has 1 aliphatic rings. The van der Waals surface area contributed by atoms with Gasteiger partial charge in [-0.25, -0.2) is 0 Å². The van der Waals surface area contributed by atoms with Gasteiger partial charge in [0.05, 0.1) is 11.6 Å². The van der Waals surface area contributed by atoms with Crippen molar-refractivity contribution in [1.29, 1.82) is 5.26 Å². The van der Waals surface area contributed by atoms with Gasteiger partial charge in [-0.15, -0.1) is 0 Å². The first kappa shape index (κ1) is 12.9. The standard InChI is InChI=1S/C17H17N3/c18-10-12-4-3-5-13(8-12)11-20-17-9-16(19)14-6-1-2-7-15(14)17/h1-8,16-17,20H,9,11,19H2. The molecule has 0 spiro atoms. The zero-order valence-electron chi connectivity index (χ0n) is 11.2. The van der Waals surface area contributed by atoms with Crippen LogP contribution >= 0.6 is 0 Å². The van der Waals surface area contributed by atoms with Gasteiger partial charge in [0.25, 0.3) is 0 Å². The summed E-state index contributed by atoms with van der Waals surface area (Å²) in [4.78, 5) is 0. The van der Waals surface area contributed by atoms with E-state index in [0.29, 0.717) is 11.6 Å². The number of fused-ring (bicyclic) bond motifs is 1. The van der Waals surface area contributed by atoms with Crippen LogP contribution in [-0.2, 0) is 6.54 Å². The minimum atomic E-state index is 0.120. The predicted molar refractivity (Wildman–Crippen MR) is 78.7 cm³/mol. The fourth-order valence-corrected chi connectivity index (χ4v) is 2.86. The molecule has 0 bridgehead atoms. The lowest BCUT2D eigenvalue weighted by atomic mass is 10.1. The number of hydrogen-bond donors (Lipinski definition) is 2. The molecule has 0 aromatic heterocycles. The predicted octanol–water partition coefficient (Wildman–Crippen LogP) is 2.79. The van der Waals surface area contributed by atoms with Crippen molar-refractivity contribution in [3.05, 3.63) is 70.8 Å². The summed E-state index contributed by atoms with van der Waals surface area (Å²) in [5.41, 5.74) is 10.5. The maximum atomic E-state index is 8.92. The SMILES string of the molecule is N#Cc1cccc(CNC2CC(N)c3ccccc32)c1. The van der Waals surface area contributed by atoms with Gasteiger partial charge in [0.15, 0.2) is 0 Å². The van der Waals surface area contributed by atoms with Gasteiger partial charge in [0, 0.05) is 18.6 Å². The molecular weight excluding hydrogens is 246 g/mol. The van der Waals surface area contributed by atoms with E-state index in [9.17, 15) is 0 Å². The second kappa shape index (κ2) is 5.46. The number of nitrogens with two attached hydrogens (primary N) is 1. The molecule has 2 aromatic rings. The molecule has 2 aromatic carbocycles. The van der Waals surface area contributed by atoms with Crippen LogP contribution < -0.4 is 11.1 Å². The van der Waals surface area contributed by atoms with E-state index < -0.39 is 0 Å². The Morgan fingerprint density at radius 3 is 2.75 bits per heavy atom. The third-order valence-electron chi connectivity index (χ3n) is 3.87. The quantitative estimate of drug-likeness (QED) is 0.895. The Kier molecular flexibility index (Phi) is 3.51. The van der Waals surface area contributed by atoms with Crippen LogP contribution in [-0.4, -0.2) is 0 Å². The molecular formula is C17H17N3. The summed E-state index contributed by atoms with van der Waals surface area (Å²) in [6, 6.07) is 18.6. The molecule has 0 saturated heterocycles. The Hall–Kier alpha value is -2.15. The van der Waals surface area contributed by atoms with Crippen LogP contribution in [0.1, 0.15) is 40.8 Å². The van der Waals surface area contributed by atoms with E-state index in [2.05, 4.69) is 29.6 Å². The van der Waals surface area contributed by atoms with Crippen molar-refractivity contribution < 1.29 is 0 Å². The first-order valence-electron chi connectivity index (χ1n) is 6.85. The van der Waals surface area contributed by atoms with Crippen molar-refractivity contribution in [2.75, 3.05) is 0 Å². The summed E-state index contributed by atoms with van der Waals surface area (Å²) in [7, 11) is 0. The first-order valence-corrected chi connectivity index (χ1v) is 6.85. The highest BCUT2D eigenvalue weighted by Crippen LogP contribution is 2.36. The highest BCUT2D eigenvalue weighted by atomic mass is 14.9. The minimum Gasteiger partial charge on any atom is -0.324 e. The first-order chi connectivity index (χ1) is 9.78. The summed E-state index contributed by atoms with van der Waals surface area (Å²) in [5, 5.41) is 12.5.